The zero-order valence-electron chi connectivity index (χ0n) is 9.44. The fourth-order valence-corrected chi connectivity index (χ4v) is 2.64. The minimum atomic E-state index is -0.148. The summed E-state index contributed by atoms with van der Waals surface area (Å²) >= 11 is 1.61. The summed E-state index contributed by atoms with van der Waals surface area (Å²) in [7, 11) is 1.45. The second-order valence-corrected chi connectivity index (χ2v) is 5.11. The van der Waals surface area contributed by atoms with Gasteiger partial charge >= 0.3 is 5.97 Å². The number of ether oxygens (including phenoxy) is 1. The van der Waals surface area contributed by atoms with E-state index in [1.165, 1.54) is 26.4 Å². The molecule has 0 spiro atoms. The molecule has 3 nitrogen and oxygen atoms in total. The lowest BCUT2D eigenvalue weighted by molar-refractivity contribution is -0.142. The number of hydrogen-bond acceptors (Lipinski definition) is 4. The van der Waals surface area contributed by atoms with Gasteiger partial charge in [0.05, 0.1) is 7.11 Å². The number of nitrogens with one attached hydrogen (secondary N) is 1. The molecule has 2 rings (SSSR count). The van der Waals surface area contributed by atoms with Crippen molar-refractivity contribution in [3.63, 3.8) is 0 Å². The summed E-state index contributed by atoms with van der Waals surface area (Å²) in [5.74, 6) is -0.292. The molecule has 1 aromatic heterocycles. The summed E-state index contributed by atoms with van der Waals surface area (Å²) < 4.78 is 4.85. The lowest BCUT2D eigenvalue weighted by Crippen LogP contribution is -2.39. The molecule has 16 heavy (non-hydrogen) atoms. The van der Waals surface area contributed by atoms with Gasteiger partial charge in [0, 0.05) is 17.5 Å². The highest BCUT2D eigenvalue weighted by Crippen LogP contribution is 2.24. The molecule has 1 aromatic rings. The SMILES string of the molecule is COC(=O)C(CNC1CCC1)c1cccs1. The fourth-order valence-electron chi connectivity index (χ4n) is 1.83. The Kier molecular flexibility index (Phi) is 3.96. The molecule has 1 aliphatic rings. The van der Waals surface area contributed by atoms with Gasteiger partial charge in [0.2, 0.25) is 0 Å². The van der Waals surface area contributed by atoms with Gasteiger partial charge in [-0.25, -0.2) is 0 Å². The van der Waals surface area contributed by atoms with Gasteiger partial charge in [-0.15, -0.1) is 11.3 Å². The number of rotatable bonds is 5. The Morgan fingerprint density at radius 2 is 2.50 bits per heavy atom. The quantitative estimate of drug-likeness (QED) is 0.800. The average Bonchev–Trinajstić information content (AvgIpc) is 2.74. The molecule has 0 aromatic carbocycles. The van der Waals surface area contributed by atoms with Crippen LogP contribution in [0, 0.1) is 0 Å². The lowest BCUT2D eigenvalue weighted by Gasteiger charge is -2.28. The van der Waals surface area contributed by atoms with Gasteiger partial charge in [-0.1, -0.05) is 12.5 Å². The minimum absolute atomic E-state index is 0.144. The van der Waals surface area contributed by atoms with E-state index in [0.29, 0.717) is 12.6 Å². The van der Waals surface area contributed by atoms with E-state index in [0.717, 1.165) is 4.88 Å². The summed E-state index contributed by atoms with van der Waals surface area (Å²) in [6, 6.07) is 4.57. The van der Waals surface area contributed by atoms with E-state index in [2.05, 4.69) is 5.32 Å². The maximum atomic E-state index is 11.7. The van der Waals surface area contributed by atoms with Gasteiger partial charge in [-0.2, -0.15) is 0 Å². The van der Waals surface area contributed by atoms with Crippen LogP contribution in [0.3, 0.4) is 0 Å². The first kappa shape index (κ1) is 11.6. The van der Waals surface area contributed by atoms with E-state index in [1.807, 2.05) is 17.5 Å². The summed E-state index contributed by atoms with van der Waals surface area (Å²) in [5, 5.41) is 5.42. The molecule has 0 amide bonds. The second kappa shape index (κ2) is 5.46. The zero-order valence-corrected chi connectivity index (χ0v) is 10.3. The Morgan fingerprint density at radius 1 is 1.69 bits per heavy atom. The number of thiophene rings is 1. The largest absolute Gasteiger partial charge is 0.468 e. The van der Waals surface area contributed by atoms with Crippen LogP contribution in [0.4, 0.5) is 0 Å². The zero-order chi connectivity index (χ0) is 11.4. The van der Waals surface area contributed by atoms with Crippen LogP contribution in [0.2, 0.25) is 0 Å². The second-order valence-electron chi connectivity index (χ2n) is 4.13. The van der Waals surface area contributed by atoms with Gasteiger partial charge in [0.25, 0.3) is 0 Å². The molecule has 0 radical (unpaired) electrons. The Balaban J connectivity index is 1.94. The molecule has 0 saturated heterocycles. The van der Waals surface area contributed by atoms with Crippen LogP contribution >= 0.6 is 11.3 Å². The van der Waals surface area contributed by atoms with Crippen molar-refractivity contribution < 1.29 is 9.53 Å². The van der Waals surface area contributed by atoms with Crippen molar-refractivity contribution in [1.29, 1.82) is 0 Å². The van der Waals surface area contributed by atoms with Crippen molar-refractivity contribution in [2.24, 2.45) is 0 Å². The number of esters is 1. The van der Waals surface area contributed by atoms with Crippen LogP contribution in [0.5, 0.6) is 0 Å². The third-order valence-corrected chi connectivity index (χ3v) is 4.07. The molecule has 1 unspecified atom stereocenters. The predicted octanol–water partition coefficient (Wildman–Crippen LogP) is 2.15. The molecule has 0 bridgehead atoms. The Hall–Kier alpha value is -0.870. The van der Waals surface area contributed by atoms with Crippen LogP contribution in [0.15, 0.2) is 17.5 Å². The van der Waals surface area contributed by atoms with Crippen LogP contribution in [-0.2, 0) is 9.53 Å². The van der Waals surface area contributed by atoms with Gasteiger partial charge in [0.15, 0.2) is 0 Å². The minimum Gasteiger partial charge on any atom is -0.468 e. The standard InChI is InChI=1S/C12H17NO2S/c1-15-12(14)10(11-6-3-7-16-11)8-13-9-4-2-5-9/h3,6-7,9-10,13H,2,4-5,8H2,1H3. The monoisotopic (exact) mass is 239 g/mol. The van der Waals surface area contributed by atoms with E-state index >= 15 is 0 Å². The molecular weight excluding hydrogens is 222 g/mol. The molecular formula is C12H17NO2S. The summed E-state index contributed by atoms with van der Waals surface area (Å²) in [4.78, 5) is 12.8. The highest BCUT2D eigenvalue weighted by atomic mass is 32.1. The molecule has 1 fully saturated rings. The molecule has 88 valence electrons. The van der Waals surface area contributed by atoms with Crippen molar-refractivity contribution in [2.75, 3.05) is 13.7 Å². The van der Waals surface area contributed by atoms with Crippen LogP contribution in [0.25, 0.3) is 0 Å². The predicted molar refractivity (Wildman–Crippen MR) is 64.7 cm³/mol. The first-order chi connectivity index (χ1) is 7.81. The van der Waals surface area contributed by atoms with E-state index in [-0.39, 0.29) is 11.9 Å². The van der Waals surface area contributed by atoms with Crippen LogP contribution in [-0.4, -0.2) is 25.7 Å². The third-order valence-electron chi connectivity index (χ3n) is 3.09. The van der Waals surface area contributed by atoms with Crippen molar-refractivity contribution in [2.45, 2.75) is 31.2 Å². The Morgan fingerprint density at radius 3 is 3.00 bits per heavy atom. The summed E-state index contributed by atoms with van der Waals surface area (Å²) in [6.45, 7) is 0.692. The first-order valence-corrected chi connectivity index (χ1v) is 6.54. The smallest absolute Gasteiger partial charge is 0.315 e. The Bertz CT molecular complexity index is 333. The van der Waals surface area contributed by atoms with E-state index < -0.39 is 0 Å². The van der Waals surface area contributed by atoms with E-state index in [4.69, 9.17) is 4.74 Å². The average molecular weight is 239 g/mol. The highest BCUT2D eigenvalue weighted by Gasteiger charge is 2.25. The van der Waals surface area contributed by atoms with Gasteiger partial charge < -0.3 is 10.1 Å². The number of carbonyl (C=O) groups is 1. The topological polar surface area (TPSA) is 38.3 Å². The van der Waals surface area contributed by atoms with Crippen molar-refractivity contribution in [3.05, 3.63) is 22.4 Å². The molecule has 4 heteroatoms. The van der Waals surface area contributed by atoms with E-state index in [1.54, 1.807) is 11.3 Å². The summed E-state index contributed by atoms with van der Waals surface area (Å²) in [6.07, 6.45) is 3.77. The van der Waals surface area contributed by atoms with E-state index in [9.17, 15) is 4.79 Å². The van der Waals surface area contributed by atoms with Crippen LogP contribution in [0.1, 0.15) is 30.1 Å². The molecule has 1 heterocycles. The molecule has 0 aliphatic heterocycles. The third kappa shape index (κ3) is 2.62. The normalized spacial score (nSPS) is 17.8. The lowest BCUT2D eigenvalue weighted by atomic mass is 9.92. The van der Waals surface area contributed by atoms with Crippen molar-refractivity contribution in [3.8, 4) is 0 Å². The molecule has 1 atom stereocenters. The molecule has 1 aliphatic carbocycles. The number of methoxy groups -OCH3 is 1. The molecule has 1 N–H and O–H groups in total. The fraction of sp³-hybridized carbons (Fsp3) is 0.583. The van der Waals surface area contributed by atoms with Gasteiger partial charge in [0.1, 0.15) is 5.92 Å². The van der Waals surface area contributed by atoms with Gasteiger partial charge in [-0.3, -0.25) is 4.79 Å². The number of hydrogen-bond donors (Lipinski definition) is 1. The maximum Gasteiger partial charge on any atom is 0.315 e. The molecule has 1 saturated carbocycles. The summed E-state index contributed by atoms with van der Waals surface area (Å²) in [5.41, 5.74) is 0. The van der Waals surface area contributed by atoms with Crippen molar-refractivity contribution in [1.82, 2.24) is 5.32 Å². The van der Waals surface area contributed by atoms with Crippen molar-refractivity contribution >= 4 is 17.3 Å². The van der Waals surface area contributed by atoms with Gasteiger partial charge in [-0.05, 0) is 24.3 Å². The van der Waals surface area contributed by atoms with Crippen LogP contribution < -0.4 is 5.32 Å². The maximum absolute atomic E-state index is 11.7. The first-order valence-electron chi connectivity index (χ1n) is 5.66. The highest BCUT2D eigenvalue weighted by molar-refractivity contribution is 7.10. The Labute approximate surface area is 99.8 Å². The number of carbonyl (C=O) groups excluding carboxylic acids is 1.